The Morgan fingerprint density at radius 2 is 1.82 bits per heavy atom. The van der Waals surface area contributed by atoms with E-state index in [2.05, 4.69) is 4.74 Å². The highest BCUT2D eigenvalue weighted by molar-refractivity contribution is 4.91. The summed E-state index contributed by atoms with van der Waals surface area (Å²) in [5.74, 6) is 0. The molecular formula is C6H10O5. The van der Waals surface area contributed by atoms with E-state index in [0.29, 0.717) is 0 Å². The van der Waals surface area contributed by atoms with E-state index in [1.807, 2.05) is 6.61 Å². The van der Waals surface area contributed by atoms with E-state index in [4.69, 9.17) is 20.4 Å². The second-order valence-electron chi connectivity index (χ2n) is 2.38. The molecule has 4 N–H and O–H groups in total. The molecule has 11 heavy (non-hydrogen) atoms. The third kappa shape index (κ3) is 1.69. The number of aliphatic hydroxyl groups excluding tert-OH is 4. The molecule has 5 heteroatoms. The molecule has 1 fully saturated rings. The molecule has 0 spiro atoms. The minimum atomic E-state index is -1.33. The highest BCUT2D eigenvalue weighted by Crippen LogP contribution is 2.17. The van der Waals surface area contributed by atoms with Crippen LogP contribution in [0.4, 0.5) is 0 Å². The highest BCUT2D eigenvalue weighted by atomic mass is 16.5. The molecule has 1 aliphatic rings. The summed E-state index contributed by atoms with van der Waals surface area (Å²) in [6.45, 7) is 1.63. The van der Waals surface area contributed by atoms with Gasteiger partial charge in [0.05, 0.1) is 6.61 Å². The predicted octanol–water partition coefficient (Wildman–Crippen LogP) is -2.50. The lowest BCUT2D eigenvalue weighted by Gasteiger charge is -2.32. The lowest BCUT2D eigenvalue weighted by molar-refractivity contribution is -0.169. The van der Waals surface area contributed by atoms with Crippen LogP contribution in [0.2, 0.25) is 0 Å². The zero-order valence-corrected chi connectivity index (χ0v) is 5.71. The molecule has 0 aromatic carbocycles. The molecule has 1 aliphatic heterocycles. The van der Waals surface area contributed by atoms with E-state index in [1.165, 1.54) is 0 Å². The van der Waals surface area contributed by atoms with Crippen LogP contribution in [0.1, 0.15) is 0 Å². The molecule has 2 radical (unpaired) electrons. The Bertz CT molecular complexity index is 126. The molecule has 0 bridgehead atoms. The van der Waals surface area contributed by atoms with E-state index in [-0.39, 0.29) is 0 Å². The van der Waals surface area contributed by atoms with Crippen molar-refractivity contribution in [3.63, 3.8) is 0 Å². The van der Waals surface area contributed by atoms with Crippen molar-refractivity contribution in [1.29, 1.82) is 0 Å². The van der Waals surface area contributed by atoms with Gasteiger partial charge in [-0.25, -0.2) is 0 Å². The van der Waals surface area contributed by atoms with Gasteiger partial charge in [-0.15, -0.1) is 0 Å². The Morgan fingerprint density at radius 3 is 2.36 bits per heavy atom. The fourth-order valence-electron chi connectivity index (χ4n) is 0.848. The normalized spacial score (nSPS) is 45.8. The first-order chi connectivity index (χ1) is 5.16. The largest absolute Gasteiger partial charge is 0.394 e. The third-order valence-electron chi connectivity index (χ3n) is 1.57. The van der Waals surface area contributed by atoms with Gasteiger partial charge in [0, 0.05) is 0 Å². The Kier molecular flexibility index (Phi) is 2.80. The van der Waals surface area contributed by atoms with Crippen molar-refractivity contribution >= 4 is 0 Å². The van der Waals surface area contributed by atoms with Crippen LogP contribution < -0.4 is 0 Å². The summed E-state index contributed by atoms with van der Waals surface area (Å²) < 4.78 is 4.56. The van der Waals surface area contributed by atoms with Crippen LogP contribution in [0, 0.1) is 6.61 Å². The minimum absolute atomic E-state index is 0.419. The van der Waals surface area contributed by atoms with E-state index in [1.54, 1.807) is 0 Å². The van der Waals surface area contributed by atoms with Gasteiger partial charge in [-0.1, -0.05) is 0 Å². The second-order valence-corrected chi connectivity index (χ2v) is 2.38. The summed E-state index contributed by atoms with van der Waals surface area (Å²) in [6, 6.07) is 0. The van der Waals surface area contributed by atoms with E-state index in [9.17, 15) is 0 Å². The van der Waals surface area contributed by atoms with Crippen LogP contribution >= 0.6 is 0 Å². The first-order valence-corrected chi connectivity index (χ1v) is 3.23. The molecule has 5 nitrogen and oxygen atoms in total. The number of hydrogen-bond donors (Lipinski definition) is 4. The van der Waals surface area contributed by atoms with Gasteiger partial charge in [0.1, 0.15) is 24.4 Å². The number of hydrogen-bond acceptors (Lipinski definition) is 5. The van der Waals surface area contributed by atoms with Gasteiger partial charge in [0.15, 0.2) is 6.61 Å². The fourth-order valence-corrected chi connectivity index (χ4v) is 0.848. The maximum Gasteiger partial charge on any atom is 0.166 e. The summed E-state index contributed by atoms with van der Waals surface area (Å²) in [7, 11) is 0. The van der Waals surface area contributed by atoms with Crippen LogP contribution in [-0.4, -0.2) is 51.4 Å². The van der Waals surface area contributed by atoms with Crippen LogP contribution in [-0.2, 0) is 4.74 Å². The van der Waals surface area contributed by atoms with Gasteiger partial charge in [0.2, 0.25) is 0 Å². The van der Waals surface area contributed by atoms with Crippen LogP contribution in [0.25, 0.3) is 0 Å². The van der Waals surface area contributed by atoms with Crippen molar-refractivity contribution in [1.82, 2.24) is 0 Å². The molecule has 0 aromatic heterocycles. The van der Waals surface area contributed by atoms with Gasteiger partial charge < -0.3 is 25.2 Å². The summed E-state index contributed by atoms with van der Waals surface area (Å²) in [5.41, 5.74) is 0. The molecule has 4 unspecified atom stereocenters. The molecule has 1 saturated heterocycles. The summed E-state index contributed by atoms with van der Waals surface area (Å²) in [6.07, 6.45) is -4.81. The van der Waals surface area contributed by atoms with E-state index in [0.717, 1.165) is 0 Å². The Morgan fingerprint density at radius 1 is 1.18 bits per heavy atom. The highest BCUT2D eigenvalue weighted by Gasteiger charge is 2.37. The average molecular weight is 162 g/mol. The number of aliphatic hydroxyl groups is 4. The summed E-state index contributed by atoms with van der Waals surface area (Å²) in [4.78, 5) is 0. The molecule has 0 aromatic rings. The van der Waals surface area contributed by atoms with E-state index < -0.39 is 31.0 Å². The zero-order chi connectivity index (χ0) is 8.43. The molecule has 0 saturated carbocycles. The van der Waals surface area contributed by atoms with Crippen LogP contribution in [0.5, 0.6) is 0 Å². The standard InChI is InChI=1S/C6H10O5/c7-1-4-6(10)5(9)3(8)2-11-4/h3-10H,1H2. The number of rotatable bonds is 1. The van der Waals surface area contributed by atoms with Gasteiger partial charge in [0.25, 0.3) is 0 Å². The number of ether oxygens (including phenoxy) is 1. The molecule has 0 amide bonds. The average Bonchev–Trinajstić information content (AvgIpc) is 2.01. The first kappa shape index (κ1) is 8.89. The molecule has 64 valence electrons. The fraction of sp³-hybridized carbons (Fsp3) is 0.833. The van der Waals surface area contributed by atoms with Crippen molar-refractivity contribution in [2.24, 2.45) is 0 Å². The zero-order valence-electron chi connectivity index (χ0n) is 5.71. The monoisotopic (exact) mass is 162 g/mol. The second kappa shape index (κ2) is 3.46. The Balaban J connectivity index is 2.52. The van der Waals surface area contributed by atoms with Crippen molar-refractivity contribution in [2.45, 2.75) is 24.4 Å². The maximum absolute atomic E-state index is 9.07. The molecule has 4 atom stereocenters. The lowest BCUT2D eigenvalue weighted by atomic mass is 10.0. The third-order valence-corrected chi connectivity index (χ3v) is 1.57. The van der Waals surface area contributed by atoms with Gasteiger partial charge >= 0.3 is 0 Å². The molecule has 0 aliphatic carbocycles. The minimum Gasteiger partial charge on any atom is -0.394 e. The van der Waals surface area contributed by atoms with Crippen molar-refractivity contribution in [2.75, 3.05) is 6.61 Å². The smallest absolute Gasteiger partial charge is 0.166 e. The Hall–Kier alpha value is -0.200. The first-order valence-electron chi connectivity index (χ1n) is 3.23. The van der Waals surface area contributed by atoms with Gasteiger partial charge in [-0.2, -0.15) is 0 Å². The molecule has 1 heterocycles. The van der Waals surface area contributed by atoms with Crippen molar-refractivity contribution in [3.05, 3.63) is 6.61 Å². The SMILES string of the molecule is OCC1O[C]C(O)C(O)C1O. The predicted molar refractivity (Wildman–Crippen MR) is 33.2 cm³/mol. The maximum atomic E-state index is 9.07. The van der Waals surface area contributed by atoms with Gasteiger partial charge in [-0.05, 0) is 0 Å². The lowest BCUT2D eigenvalue weighted by Crippen LogP contribution is -2.52. The quantitative estimate of drug-likeness (QED) is 0.342. The van der Waals surface area contributed by atoms with Crippen LogP contribution in [0.3, 0.4) is 0 Å². The van der Waals surface area contributed by atoms with Crippen LogP contribution in [0.15, 0.2) is 0 Å². The molecule has 1 rings (SSSR count). The Labute approximate surface area is 63.8 Å². The van der Waals surface area contributed by atoms with Crippen molar-refractivity contribution in [3.8, 4) is 0 Å². The topological polar surface area (TPSA) is 90.2 Å². The summed E-state index contributed by atoms with van der Waals surface area (Å²) in [5, 5.41) is 35.4. The van der Waals surface area contributed by atoms with Crippen molar-refractivity contribution < 1.29 is 25.2 Å². The summed E-state index contributed by atoms with van der Waals surface area (Å²) >= 11 is 0. The van der Waals surface area contributed by atoms with Gasteiger partial charge in [-0.3, -0.25) is 0 Å². The molecular weight excluding hydrogens is 152 g/mol. The van der Waals surface area contributed by atoms with E-state index >= 15 is 0 Å².